The van der Waals surface area contributed by atoms with Crippen molar-refractivity contribution >= 4 is 23.2 Å². The SMILES string of the molecule is C=CCn1c(N2CCN(C(=O)O)CC2CO)nc2c1c(=O)n(C)c(=O)n2C. The fourth-order valence-electron chi connectivity index (χ4n) is 3.40. The number of anilines is 1. The molecule has 1 saturated heterocycles. The van der Waals surface area contributed by atoms with E-state index in [1.165, 1.54) is 23.6 Å². The smallest absolute Gasteiger partial charge is 0.407 e. The lowest BCUT2D eigenvalue weighted by Gasteiger charge is -2.40. The van der Waals surface area contributed by atoms with Gasteiger partial charge < -0.3 is 24.6 Å². The molecule has 11 heteroatoms. The Labute approximate surface area is 154 Å². The van der Waals surface area contributed by atoms with Gasteiger partial charge in [-0.3, -0.25) is 13.9 Å². The molecule has 2 aromatic heterocycles. The van der Waals surface area contributed by atoms with E-state index in [1.54, 1.807) is 15.5 Å². The van der Waals surface area contributed by atoms with Gasteiger partial charge in [0.15, 0.2) is 11.2 Å². The van der Waals surface area contributed by atoms with E-state index in [1.807, 2.05) is 0 Å². The third-order valence-electron chi connectivity index (χ3n) is 4.86. The molecule has 11 nitrogen and oxygen atoms in total. The first kappa shape index (κ1) is 18.7. The van der Waals surface area contributed by atoms with Gasteiger partial charge in [-0.05, 0) is 0 Å². The zero-order valence-corrected chi connectivity index (χ0v) is 15.2. The van der Waals surface area contributed by atoms with Gasteiger partial charge >= 0.3 is 11.8 Å². The van der Waals surface area contributed by atoms with Crippen LogP contribution in [0.4, 0.5) is 10.7 Å². The van der Waals surface area contributed by atoms with Crippen LogP contribution in [0.3, 0.4) is 0 Å². The van der Waals surface area contributed by atoms with Gasteiger partial charge in [0.25, 0.3) is 5.56 Å². The number of rotatable bonds is 4. The van der Waals surface area contributed by atoms with Crippen LogP contribution in [-0.2, 0) is 20.6 Å². The third-order valence-corrected chi connectivity index (χ3v) is 4.86. The van der Waals surface area contributed by atoms with E-state index in [4.69, 9.17) is 0 Å². The first-order chi connectivity index (χ1) is 12.8. The van der Waals surface area contributed by atoms with Crippen LogP contribution in [0.5, 0.6) is 0 Å². The first-order valence-corrected chi connectivity index (χ1v) is 8.44. The second kappa shape index (κ2) is 6.91. The van der Waals surface area contributed by atoms with Crippen LogP contribution in [0.1, 0.15) is 0 Å². The van der Waals surface area contributed by atoms with Crippen LogP contribution in [0.15, 0.2) is 22.2 Å². The van der Waals surface area contributed by atoms with Crippen molar-refractivity contribution in [3.05, 3.63) is 33.5 Å². The lowest BCUT2D eigenvalue weighted by molar-refractivity contribution is 0.123. The molecule has 0 spiro atoms. The number of carbonyl (C=O) groups is 1. The summed E-state index contributed by atoms with van der Waals surface area (Å²) in [5, 5.41) is 19.0. The van der Waals surface area contributed by atoms with E-state index in [0.29, 0.717) is 12.5 Å². The molecule has 0 saturated carbocycles. The molecule has 1 aliphatic rings. The number of piperazine rings is 1. The normalized spacial score (nSPS) is 17.5. The van der Waals surface area contributed by atoms with E-state index in [0.717, 1.165) is 4.57 Å². The second-order valence-corrected chi connectivity index (χ2v) is 6.45. The number of aromatic nitrogens is 4. The Morgan fingerprint density at radius 3 is 2.59 bits per heavy atom. The topological polar surface area (TPSA) is 126 Å². The third kappa shape index (κ3) is 2.89. The van der Waals surface area contributed by atoms with Crippen molar-refractivity contribution in [1.82, 2.24) is 23.6 Å². The number of nitrogens with zero attached hydrogens (tertiary/aromatic N) is 6. The van der Waals surface area contributed by atoms with E-state index in [9.17, 15) is 24.6 Å². The number of fused-ring (bicyclic) bond motifs is 1. The van der Waals surface area contributed by atoms with Crippen LogP contribution < -0.4 is 16.1 Å². The quantitative estimate of drug-likeness (QED) is 0.639. The standard InChI is InChI=1S/C16H22N6O5/c1-4-5-22-11-12(18(2)15(25)19(3)13(11)24)17-14(22)21-7-6-20(16(26)27)8-10(21)9-23/h4,10,23H,1,5-9H2,2-3H3,(H,26,27). The van der Waals surface area contributed by atoms with Crippen molar-refractivity contribution in [2.24, 2.45) is 14.1 Å². The Morgan fingerprint density at radius 2 is 2.00 bits per heavy atom. The highest BCUT2D eigenvalue weighted by Crippen LogP contribution is 2.24. The highest BCUT2D eigenvalue weighted by atomic mass is 16.4. The molecule has 1 unspecified atom stereocenters. The van der Waals surface area contributed by atoms with Crippen LogP contribution in [-0.4, -0.2) is 72.2 Å². The van der Waals surface area contributed by atoms with Crippen molar-refractivity contribution in [1.29, 1.82) is 0 Å². The largest absolute Gasteiger partial charge is 0.465 e. The van der Waals surface area contributed by atoms with Crippen molar-refractivity contribution in [3.63, 3.8) is 0 Å². The maximum atomic E-state index is 12.7. The Bertz CT molecular complexity index is 1020. The van der Waals surface area contributed by atoms with E-state index in [-0.39, 0.29) is 37.4 Å². The van der Waals surface area contributed by atoms with Crippen LogP contribution >= 0.6 is 0 Å². The molecule has 27 heavy (non-hydrogen) atoms. The zero-order valence-electron chi connectivity index (χ0n) is 15.2. The monoisotopic (exact) mass is 378 g/mol. The number of hydrogen-bond donors (Lipinski definition) is 2. The fraction of sp³-hybridized carbons (Fsp3) is 0.500. The maximum absolute atomic E-state index is 12.7. The molecule has 1 fully saturated rings. The van der Waals surface area contributed by atoms with E-state index >= 15 is 0 Å². The molecule has 3 heterocycles. The van der Waals surface area contributed by atoms with Crippen molar-refractivity contribution in [2.75, 3.05) is 31.1 Å². The molecule has 1 amide bonds. The van der Waals surface area contributed by atoms with Crippen molar-refractivity contribution in [2.45, 2.75) is 12.6 Å². The van der Waals surface area contributed by atoms with Gasteiger partial charge in [0.05, 0.1) is 12.6 Å². The molecular formula is C16H22N6O5. The van der Waals surface area contributed by atoms with Gasteiger partial charge in [-0.25, -0.2) is 9.59 Å². The zero-order chi connectivity index (χ0) is 19.9. The summed E-state index contributed by atoms with van der Waals surface area (Å²) in [4.78, 5) is 43.7. The van der Waals surface area contributed by atoms with Gasteiger partial charge in [-0.1, -0.05) is 6.08 Å². The first-order valence-electron chi connectivity index (χ1n) is 8.44. The Hall–Kier alpha value is -3.08. The molecule has 1 aliphatic heterocycles. The summed E-state index contributed by atoms with van der Waals surface area (Å²) in [5.74, 6) is 0.396. The van der Waals surface area contributed by atoms with Gasteiger partial charge in [0, 0.05) is 40.3 Å². The number of imidazole rings is 1. The number of aliphatic hydroxyl groups is 1. The Morgan fingerprint density at radius 1 is 1.30 bits per heavy atom. The minimum atomic E-state index is -1.05. The molecule has 146 valence electrons. The minimum Gasteiger partial charge on any atom is -0.465 e. The van der Waals surface area contributed by atoms with Gasteiger partial charge in [0.2, 0.25) is 5.95 Å². The predicted molar refractivity (Wildman–Crippen MR) is 98.2 cm³/mol. The van der Waals surface area contributed by atoms with Crippen molar-refractivity contribution in [3.8, 4) is 0 Å². The number of aryl methyl sites for hydroxylation is 1. The molecule has 2 N–H and O–H groups in total. The summed E-state index contributed by atoms with van der Waals surface area (Å²) >= 11 is 0. The minimum absolute atomic E-state index is 0.111. The summed E-state index contributed by atoms with van der Waals surface area (Å²) < 4.78 is 3.95. The average molecular weight is 378 g/mol. The Balaban J connectivity index is 2.21. The molecular weight excluding hydrogens is 356 g/mol. The molecule has 0 aliphatic carbocycles. The maximum Gasteiger partial charge on any atom is 0.407 e. The van der Waals surface area contributed by atoms with E-state index in [2.05, 4.69) is 11.6 Å². The molecule has 0 radical (unpaired) electrons. The molecule has 2 aromatic rings. The Kier molecular flexibility index (Phi) is 4.79. The summed E-state index contributed by atoms with van der Waals surface area (Å²) in [6.45, 7) is 4.36. The number of allylic oxidation sites excluding steroid dienone is 1. The number of hydrogen-bond acceptors (Lipinski definition) is 6. The summed E-state index contributed by atoms with van der Waals surface area (Å²) in [6.07, 6.45) is 0.556. The average Bonchev–Trinajstić information content (AvgIpc) is 3.03. The summed E-state index contributed by atoms with van der Waals surface area (Å²) in [5.41, 5.74) is -0.473. The lowest BCUT2D eigenvalue weighted by Crippen LogP contribution is -2.56. The molecule has 1 atom stereocenters. The number of amides is 1. The van der Waals surface area contributed by atoms with Crippen molar-refractivity contribution < 1.29 is 15.0 Å². The number of aliphatic hydroxyl groups excluding tert-OH is 1. The van der Waals surface area contributed by atoms with Crippen LogP contribution in [0.25, 0.3) is 11.2 Å². The highest BCUT2D eigenvalue weighted by molar-refractivity contribution is 5.75. The van der Waals surface area contributed by atoms with Gasteiger partial charge in [-0.2, -0.15) is 4.98 Å². The van der Waals surface area contributed by atoms with E-state index < -0.39 is 23.4 Å². The fourth-order valence-corrected chi connectivity index (χ4v) is 3.40. The molecule has 0 aromatic carbocycles. The molecule has 0 bridgehead atoms. The van der Waals surface area contributed by atoms with Crippen LogP contribution in [0.2, 0.25) is 0 Å². The summed E-state index contributed by atoms with van der Waals surface area (Å²) in [7, 11) is 2.93. The second-order valence-electron chi connectivity index (χ2n) is 6.45. The van der Waals surface area contributed by atoms with Gasteiger partial charge in [0.1, 0.15) is 0 Å². The highest BCUT2D eigenvalue weighted by Gasteiger charge is 2.33. The predicted octanol–water partition coefficient (Wildman–Crippen LogP) is -1.22. The van der Waals surface area contributed by atoms with Gasteiger partial charge in [-0.15, -0.1) is 6.58 Å². The number of carboxylic acid groups (broad SMARTS) is 1. The lowest BCUT2D eigenvalue weighted by atomic mass is 10.2. The molecule has 3 rings (SSSR count). The summed E-state index contributed by atoms with van der Waals surface area (Å²) in [6, 6.07) is -0.517. The van der Waals surface area contributed by atoms with Crippen LogP contribution in [0, 0.1) is 0 Å².